The van der Waals surface area contributed by atoms with Crippen molar-refractivity contribution in [3.63, 3.8) is 0 Å². The van der Waals surface area contributed by atoms with Gasteiger partial charge in [0.05, 0.1) is 0 Å². The lowest BCUT2D eigenvalue weighted by Crippen LogP contribution is -2.56. The predicted molar refractivity (Wildman–Crippen MR) is 68.8 cm³/mol. The lowest BCUT2D eigenvalue weighted by atomic mass is 9.65. The molecule has 0 spiro atoms. The van der Waals surface area contributed by atoms with Gasteiger partial charge in [-0.25, -0.2) is 0 Å². The number of allylic oxidation sites excluding steroid dienone is 2. The lowest BCUT2D eigenvalue weighted by molar-refractivity contribution is -0.0179. The molecule has 16 heavy (non-hydrogen) atoms. The molecule has 0 aromatic heterocycles. The van der Waals surface area contributed by atoms with Crippen LogP contribution >= 0.6 is 0 Å². The molecule has 0 amide bonds. The Morgan fingerprint density at radius 2 is 1.69 bits per heavy atom. The number of nitrogens with two attached hydrogens (primary N) is 1. The smallest absolute Gasteiger partial charge is 0.143 e. The first-order chi connectivity index (χ1) is 6.97. The molecule has 2 nitrogen and oxygen atoms in total. The van der Waals surface area contributed by atoms with Crippen LogP contribution in [0.5, 0.6) is 0 Å². The molecule has 0 saturated carbocycles. The normalized spacial score (nSPS) is 31.5. The zero-order valence-electron chi connectivity index (χ0n) is 11.3. The van der Waals surface area contributed by atoms with Crippen LogP contribution in [0.3, 0.4) is 0 Å². The van der Waals surface area contributed by atoms with Gasteiger partial charge in [-0.1, -0.05) is 59.8 Å². The highest BCUT2D eigenvalue weighted by Gasteiger charge is 2.46. The lowest BCUT2D eigenvalue weighted by Gasteiger charge is -2.46. The summed E-state index contributed by atoms with van der Waals surface area (Å²) in [5, 5.41) is 10.6. The molecular weight excluding hydrogens is 198 g/mol. The van der Waals surface area contributed by atoms with E-state index in [9.17, 15) is 5.11 Å². The summed E-state index contributed by atoms with van der Waals surface area (Å²) in [7, 11) is 0. The van der Waals surface area contributed by atoms with Crippen molar-refractivity contribution in [3.05, 3.63) is 23.8 Å². The Labute approximate surface area is 99.2 Å². The van der Waals surface area contributed by atoms with Gasteiger partial charge in [0, 0.05) is 5.92 Å². The van der Waals surface area contributed by atoms with Gasteiger partial charge in [-0.15, -0.1) is 0 Å². The Balaban J connectivity index is 3.19. The molecule has 0 radical (unpaired) electrons. The average molecular weight is 223 g/mol. The van der Waals surface area contributed by atoms with E-state index < -0.39 is 5.72 Å². The van der Waals surface area contributed by atoms with E-state index >= 15 is 0 Å². The topological polar surface area (TPSA) is 46.2 Å². The minimum atomic E-state index is -1.24. The van der Waals surface area contributed by atoms with Gasteiger partial charge >= 0.3 is 0 Å². The van der Waals surface area contributed by atoms with Crippen LogP contribution < -0.4 is 5.73 Å². The highest BCUT2D eigenvalue weighted by atomic mass is 16.3. The minimum absolute atomic E-state index is 0.0508. The fraction of sp³-hybridized carbons (Fsp3) is 0.714. The van der Waals surface area contributed by atoms with Gasteiger partial charge in [0.15, 0.2) is 0 Å². The van der Waals surface area contributed by atoms with Gasteiger partial charge in [-0.05, 0) is 16.4 Å². The van der Waals surface area contributed by atoms with Gasteiger partial charge < -0.3 is 5.11 Å². The molecule has 1 rings (SSSR count). The summed E-state index contributed by atoms with van der Waals surface area (Å²) >= 11 is 0. The van der Waals surface area contributed by atoms with Crippen LogP contribution in [0.25, 0.3) is 0 Å². The first-order valence-electron chi connectivity index (χ1n) is 5.88. The number of hydrogen-bond donors (Lipinski definition) is 2. The van der Waals surface area contributed by atoms with E-state index in [1.807, 2.05) is 18.2 Å². The van der Waals surface area contributed by atoms with Gasteiger partial charge in [0.1, 0.15) is 5.72 Å². The minimum Gasteiger partial charge on any atom is -0.371 e. The Morgan fingerprint density at radius 1 is 1.19 bits per heavy atom. The largest absolute Gasteiger partial charge is 0.371 e. The molecule has 0 saturated heterocycles. The summed E-state index contributed by atoms with van der Waals surface area (Å²) in [5.74, 6) is -0.0563. The maximum Gasteiger partial charge on any atom is 0.143 e. The van der Waals surface area contributed by atoms with Crippen molar-refractivity contribution in [3.8, 4) is 0 Å². The standard InChI is InChI=1S/C14H25NO/c1-12(2,3)10-8-7-9-11(13(4,5)6)14(10,15)16/h7-10,16H,15H2,1-6H3. The Kier molecular flexibility index (Phi) is 3.12. The summed E-state index contributed by atoms with van der Waals surface area (Å²) in [6, 6.07) is 0. The maximum absolute atomic E-state index is 10.6. The number of aliphatic hydroxyl groups is 1. The summed E-state index contributed by atoms with van der Waals surface area (Å²) in [6.07, 6.45) is 5.97. The maximum atomic E-state index is 10.6. The van der Waals surface area contributed by atoms with Crippen LogP contribution in [0.1, 0.15) is 41.5 Å². The molecule has 0 aliphatic heterocycles. The highest BCUT2D eigenvalue weighted by Crippen LogP contribution is 2.44. The molecule has 2 atom stereocenters. The van der Waals surface area contributed by atoms with E-state index in [-0.39, 0.29) is 16.7 Å². The fourth-order valence-corrected chi connectivity index (χ4v) is 2.51. The average Bonchev–Trinajstić information content (AvgIpc) is 1.97. The first kappa shape index (κ1) is 13.5. The molecule has 0 heterocycles. The van der Waals surface area contributed by atoms with E-state index in [0.29, 0.717) is 0 Å². The summed E-state index contributed by atoms with van der Waals surface area (Å²) in [6.45, 7) is 12.5. The van der Waals surface area contributed by atoms with Crippen molar-refractivity contribution in [1.82, 2.24) is 0 Å². The fourth-order valence-electron chi connectivity index (χ4n) is 2.51. The zero-order valence-corrected chi connectivity index (χ0v) is 11.3. The summed E-state index contributed by atoms with van der Waals surface area (Å²) in [5.41, 5.74) is 5.67. The van der Waals surface area contributed by atoms with Crippen LogP contribution in [-0.4, -0.2) is 10.8 Å². The highest BCUT2D eigenvalue weighted by molar-refractivity contribution is 5.34. The molecule has 1 aliphatic carbocycles. The van der Waals surface area contributed by atoms with Gasteiger partial charge in [0.2, 0.25) is 0 Å². The van der Waals surface area contributed by atoms with Crippen molar-refractivity contribution in [2.45, 2.75) is 47.3 Å². The second kappa shape index (κ2) is 3.71. The third kappa shape index (κ3) is 2.38. The summed E-state index contributed by atoms with van der Waals surface area (Å²) in [4.78, 5) is 0. The summed E-state index contributed by atoms with van der Waals surface area (Å²) < 4.78 is 0. The van der Waals surface area contributed by atoms with Gasteiger partial charge in [-0.3, -0.25) is 5.73 Å². The third-order valence-electron chi connectivity index (χ3n) is 3.21. The second-order valence-corrected chi connectivity index (χ2v) is 6.88. The molecule has 0 bridgehead atoms. The molecular formula is C14H25NO. The number of rotatable bonds is 0. The Hall–Kier alpha value is -0.600. The zero-order chi connectivity index (χ0) is 12.8. The molecule has 3 N–H and O–H groups in total. The number of hydrogen-bond acceptors (Lipinski definition) is 2. The molecule has 0 aromatic carbocycles. The monoisotopic (exact) mass is 223 g/mol. The Bertz CT molecular complexity index is 324. The predicted octanol–water partition coefficient (Wildman–Crippen LogP) is 2.84. The molecule has 92 valence electrons. The van der Waals surface area contributed by atoms with E-state index in [4.69, 9.17) is 5.73 Å². The molecule has 1 aliphatic rings. The molecule has 0 aromatic rings. The quantitative estimate of drug-likeness (QED) is 0.620. The van der Waals surface area contributed by atoms with Crippen molar-refractivity contribution in [2.75, 3.05) is 0 Å². The van der Waals surface area contributed by atoms with Crippen molar-refractivity contribution >= 4 is 0 Å². The van der Waals surface area contributed by atoms with Crippen LogP contribution in [0.4, 0.5) is 0 Å². The molecule has 2 heteroatoms. The molecule has 0 fully saturated rings. The SMILES string of the molecule is CC(C)(C)C1=CC=CC(C(C)(C)C)C1(N)O. The molecule has 2 unspecified atom stereocenters. The first-order valence-corrected chi connectivity index (χ1v) is 5.88. The van der Waals surface area contributed by atoms with Crippen LogP contribution in [-0.2, 0) is 0 Å². The van der Waals surface area contributed by atoms with Crippen LogP contribution in [0.2, 0.25) is 0 Å². The van der Waals surface area contributed by atoms with E-state index in [1.165, 1.54) is 0 Å². The van der Waals surface area contributed by atoms with Crippen molar-refractivity contribution in [1.29, 1.82) is 0 Å². The Morgan fingerprint density at radius 3 is 2.06 bits per heavy atom. The van der Waals surface area contributed by atoms with Gasteiger partial charge in [0.25, 0.3) is 0 Å². The van der Waals surface area contributed by atoms with E-state index in [0.717, 1.165) is 5.57 Å². The van der Waals surface area contributed by atoms with Crippen LogP contribution in [0, 0.1) is 16.7 Å². The second-order valence-electron chi connectivity index (χ2n) is 6.88. The van der Waals surface area contributed by atoms with E-state index in [2.05, 4.69) is 41.5 Å². The van der Waals surface area contributed by atoms with Crippen LogP contribution in [0.15, 0.2) is 23.8 Å². The third-order valence-corrected chi connectivity index (χ3v) is 3.21. The van der Waals surface area contributed by atoms with Crippen molar-refractivity contribution in [2.24, 2.45) is 22.5 Å². The van der Waals surface area contributed by atoms with Gasteiger partial charge in [-0.2, -0.15) is 0 Å². The van der Waals surface area contributed by atoms with E-state index in [1.54, 1.807) is 0 Å². The van der Waals surface area contributed by atoms with Crippen molar-refractivity contribution < 1.29 is 5.11 Å².